The average molecular weight is 389 g/mol. The number of carbonyl (C=O) groups excluding carboxylic acids is 2. The number of rotatable bonds is 4. The monoisotopic (exact) mass is 389 g/mol. The number of pyridine rings is 1. The predicted octanol–water partition coefficient (Wildman–Crippen LogP) is 2.74. The zero-order valence-electron chi connectivity index (χ0n) is 13.7. The molecule has 2 rings (SSSR count). The number of aromatic nitrogens is 1. The summed E-state index contributed by atoms with van der Waals surface area (Å²) in [5.74, 6) is -3.94. The molecule has 11 heteroatoms. The molecule has 0 fully saturated rings. The lowest BCUT2D eigenvalue weighted by atomic mass is 10.2. The van der Waals surface area contributed by atoms with E-state index in [2.05, 4.69) is 5.32 Å². The van der Waals surface area contributed by atoms with Crippen LogP contribution in [0.15, 0.2) is 35.3 Å². The fourth-order valence-corrected chi connectivity index (χ4v) is 2.10. The molecule has 0 atom stereocenters. The van der Waals surface area contributed by atoms with Gasteiger partial charge in [0.25, 0.3) is 5.56 Å². The number of carbonyl (C=O) groups is 2. The van der Waals surface area contributed by atoms with Crippen LogP contribution in [-0.2, 0) is 22.3 Å². The highest BCUT2D eigenvalue weighted by molar-refractivity contribution is 5.93. The summed E-state index contributed by atoms with van der Waals surface area (Å²) < 4.78 is 65.9. The number of benzene rings is 1. The Morgan fingerprint density at radius 2 is 1.63 bits per heavy atom. The Balaban J connectivity index is 2.24. The van der Waals surface area contributed by atoms with Gasteiger partial charge >= 0.3 is 6.18 Å². The van der Waals surface area contributed by atoms with Crippen LogP contribution in [-0.4, -0.2) is 16.4 Å². The van der Waals surface area contributed by atoms with E-state index in [0.29, 0.717) is 29.0 Å². The standard InChI is InChI=1S/C16H12F5N3O3/c1-8(25)22-12-5-13(11(18)4-10(12)17)23-14(26)7-24-6-9(16(19,20)21)2-3-15(24)27/h2-6H,7H2,1H3,(H,22,25)(H,23,26). The van der Waals surface area contributed by atoms with E-state index in [1.54, 1.807) is 0 Å². The van der Waals surface area contributed by atoms with Gasteiger partial charge in [-0.2, -0.15) is 13.2 Å². The zero-order valence-corrected chi connectivity index (χ0v) is 13.7. The third-order valence-electron chi connectivity index (χ3n) is 3.27. The molecule has 0 unspecified atom stereocenters. The summed E-state index contributed by atoms with van der Waals surface area (Å²) in [6.45, 7) is 0.246. The molecule has 2 aromatic rings. The maximum absolute atomic E-state index is 13.8. The number of halogens is 5. The van der Waals surface area contributed by atoms with Crippen LogP contribution in [0.5, 0.6) is 0 Å². The van der Waals surface area contributed by atoms with Gasteiger partial charge in [-0.3, -0.25) is 14.4 Å². The van der Waals surface area contributed by atoms with Gasteiger partial charge in [-0.1, -0.05) is 0 Å². The second kappa shape index (κ2) is 7.56. The first-order chi connectivity index (χ1) is 12.5. The molecule has 144 valence electrons. The normalized spacial score (nSPS) is 11.2. The number of anilines is 2. The van der Waals surface area contributed by atoms with Gasteiger partial charge < -0.3 is 15.2 Å². The lowest BCUT2D eigenvalue weighted by Gasteiger charge is -2.12. The van der Waals surface area contributed by atoms with Crippen molar-refractivity contribution in [1.29, 1.82) is 0 Å². The van der Waals surface area contributed by atoms with E-state index in [-0.39, 0.29) is 0 Å². The topological polar surface area (TPSA) is 80.2 Å². The highest BCUT2D eigenvalue weighted by atomic mass is 19.4. The molecule has 0 bridgehead atoms. The van der Waals surface area contributed by atoms with Crippen molar-refractivity contribution in [1.82, 2.24) is 4.57 Å². The van der Waals surface area contributed by atoms with Gasteiger partial charge in [0.2, 0.25) is 11.8 Å². The van der Waals surface area contributed by atoms with Gasteiger partial charge in [0, 0.05) is 25.3 Å². The molecule has 0 aliphatic carbocycles. The number of nitrogens with zero attached hydrogens (tertiary/aromatic N) is 1. The van der Waals surface area contributed by atoms with Gasteiger partial charge in [-0.25, -0.2) is 8.78 Å². The Kier molecular flexibility index (Phi) is 5.62. The number of hydrogen-bond acceptors (Lipinski definition) is 3. The van der Waals surface area contributed by atoms with Crippen molar-refractivity contribution in [3.05, 3.63) is 58.0 Å². The van der Waals surface area contributed by atoms with E-state index in [9.17, 15) is 36.3 Å². The summed E-state index contributed by atoms with van der Waals surface area (Å²) in [6.07, 6.45) is -4.27. The summed E-state index contributed by atoms with van der Waals surface area (Å²) >= 11 is 0. The molecule has 1 heterocycles. The first-order valence-corrected chi connectivity index (χ1v) is 7.31. The molecule has 27 heavy (non-hydrogen) atoms. The second-order valence-corrected chi connectivity index (χ2v) is 5.42. The lowest BCUT2D eigenvalue weighted by Crippen LogP contribution is -2.28. The van der Waals surface area contributed by atoms with Crippen molar-refractivity contribution in [2.45, 2.75) is 19.6 Å². The van der Waals surface area contributed by atoms with Crippen LogP contribution < -0.4 is 16.2 Å². The molecular formula is C16H12F5N3O3. The molecule has 2 N–H and O–H groups in total. The quantitative estimate of drug-likeness (QED) is 0.790. The highest BCUT2D eigenvalue weighted by Crippen LogP contribution is 2.28. The van der Waals surface area contributed by atoms with E-state index in [1.165, 1.54) is 0 Å². The molecule has 0 aliphatic heterocycles. The molecule has 0 saturated carbocycles. The van der Waals surface area contributed by atoms with Crippen LogP contribution in [0.4, 0.5) is 33.3 Å². The zero-order chi connectivity index (χ0) is 20.4. The van der Waals surface area contributed by atoms with Gasteiger partial charge in [0.05, 0.1) is 16.9 Å². The third kappa shape index (κ3) is 5.12. The molecule has 0 spiro atoms. The van der Waals surface area contributed by atoms with Crippen molar-refractivity contribution >= 4 is 23.2 Å². The molecule has 1 aromatic heterocycles. The van der Waals surface area contributed by atoms with Crippen LogP contribution in [0, 0.1) is 11.6 Å². The number of alkyl halides is 3. The Hall–Kier alpha value is -3.24. The molecule has 0 aliphatic rings. The fourth-order valence-electron chi connectivity index (χ4n) is 2.10. The van der Waals surface area contributed by atoms with Crippen molar-refractivity contribution in [3.8, 4) is 0 Å². The van der Waals surface area contributed by atoms with Gasteiger partial charge in [-0.05, 0) is 12.1 Å². The average Bonchev–Trinajstić information content (AvgIpc) is 2.52. The summed E-state index contributed by atoms with van der Waals surface area (Å²) in [5, 5.41) is 4.10. The van der Waals surface area contributed by atoms with Crippen molar-refractivity contribution in [3.63, 3.8) is 0 Å². The van der Waals surface area contributed by atoms with E-state index < -0.39 is 58.7 Å². The Morgan fingerprint density at radius 1 is 1.04 bits per heavy atom. The summed E-state index contributed by atoms with van der Waals surface area (Å²) in [6, 6.07) is 2.43. The highest BCUT2D eigenvalue weighted by Gasteiger charge is 2.31. The van der Waals surface area contributed by atoms with Crippen LogP contribution in [0.3, 0.4) is 0 Å². The van der Waals surface area contributed by atoms with Gasteiger partial charge in [0.15, 0.2) is 0 Å². The fraction of sp³-hybridized carbons (Fsp3) is 0.188. The Labute approximate surface area is 148 Å². The molecule has 0 saturated heterocycles. The number of hydrogen-bond donors (Lipinski definition) is 2. The number of nitrogens with one attached hydrogen (secondary N) is 2. The van der Waals surface area contributed by atoms with Gasteiger partial charge in [0.1, 0.15) is 18.2 Å². The van der Waals surface area contributed by atoms with E-state index in [1.807, 2.05) is 5.32 Å². The van der Waals surface area contributed by atoms with E-state index in [0.717, 1.165) is 13.0 Å². The Bertz CT molecular complexity index is 953. The van der Waals surface area contributed by atoms with Crippen molar-refractivity contribution in [2.24, 2.45) is 0 Å². The summed E-state index contributed by atoms with van der Waals surface area (Å²) in [7, 11) is 0. The molecular weight excluding hydrogens is 377 g/mol. The largest absolute Gasteiger partial charge is 0.417 e. The lowest BCUT2D eigenvalue weighted by molar-refractivity contribution is -0.138. The number of amides is 2. The molecule has 2 amide bonds. The first kappa shape index (κ1) is 20.1. The third-order valence-corrected chi connectivity index (χ3v) is 3.27. The maximum Gasteiger partial charge on any atom is 0.417 e. The van der Waals surface area contributed by atoms with Gasteiger partial charge in [-0.15, -0.1) is 0 Å². The Morgan fingerprint density at radius 3 is 2.19 bits per heavy atom. The van der Waals surface area contributed by atoms with E-state index >= 15 is 0 Å². The molecule has 6 nitrogen and oxygen atoms in total. The first-order valence-electron chi connectivity index (χ1n) is 7.31. The maximum atomic E-state index is 13.8. The molecule has 1 aromatic carbocycles. The van der Waals surface area contributed by atoms with Crippen molar-refractivity contribution < 1.29 is 31.5 Å². The van der Waals surface area contributed by atoms with E-state index in [4.69, 9.17) is 0 Å². The minimum Gasteiger partial charge on any atom is -0.324 e. The predicted molar refractivity (Wildman–Crippen MR) is 85.0 cm³/mol. The second-order valence-electron chi connectivity index (χ2n) is 5.42. The van der Waals surface area contributed by atoms with Crippen LogP contribution in [0.1, 0.15) is 12.5 Å². The summed E-state index contributed by atoms with van der Waals surface area (Å²) in [4.78, 5) is 34.6. The van der Waals surface area contributed by atoms with Crippen LogP contribution in [0.25, 0.3) is 0 Å². The van der Waals surface area contributed by atoms with Crippen LogP contribution in [0.2, 0.25) is 0 Å². The smallest absolute Gasteiger partial charge is 0.324 e. The molecule has 0 radical (unpaired) electrons. The van der Waals surface area contributed by atoms with Crippen molar-refractivity contribution in [2.75, 3.05) is 10.6 Å². The summed E-state index contributed by atoms with van der Waals surface area (Å²) in [5.41, 5.74) is -2.95. The van der Waals surface area contributed by atoms with Crippen LogP contribution >= 0.6 is 0 Å². The SMILES string of the molecule is CC(=O)Nc1cc(NC(=O)Cn2cc(C(F)(F)F)ccc2=O)c(F)cc1F. The minimum atomic E-state index is -4.72. The minimum absolute atomic E-state index is 0.407.